The van der Waals surface area contributed by atoms with Crippen LogP contribution in [0, 0.1) is 5.92 Å². The Balaban J connectivity index is 1.87. The first-order valence-electron chi connectivity index (χ1n) is 9.65. The van der Waals surface area contributed by atoms with Crippen LogP contribution in [0.15, 0.2) is 29.3 Å². The Morgan fingerprint density at radius 1 is 1.32 bits per heavy atom. The summed E-state index contributed by atoms with van der Waals surface area (Å²) in [6, 6.07) is 8.44. The highest BCUT2D eigenvalue weighted by Gasteiger charge is 2.30. The first kappa shape index (κ1) is 22.9. The van der Waals surface area contributed by atoms with E-state index in [9.17, 15) is 8.42 Å². The Kier molecular flexibility index (Phi) is 9.01. The lowest BCUT2D eigenvalue weighted by atomic mass is 9.85. The molecule has 2 unspecified atom stereocenters. The number of sulfonamides is 1. The van der Waals surface area contributed by atoms with Gasteiger partial charge in [-0.05, 0) is 56.5 Å². The fourth-order valence-electron chi connectivity index (χ4n) is 3.69. The van der Waals surface area contributed by atoms with E-state index >= 15 is 0 Å². The van der Waals surface area contributed by atoms with E-state index in [-0.39, 0.29) is 0 Å². The molecule has 2 rings (SSSR count). The zero-order valence-corrected chi connectivity index (χ0v) is 18.5. The molecule has 0 aliphatic carbocycles. The van der Waals surface area contributed by atoms with E-state index in [2.05, 4.69) is 44.4 Å². The molecule has 3 N–H and O–H groups in total. The molecular weight excluding hydrogens is 398 g/mol. The summed E-state index contributed by atoms with van der Waals surface area (Å²) in [6.45, 7) is 2.94. The van der Waals surface area contributed by atoms with Gasteiger partial charge in [-0.25, -0.2) is 13.1 Å². The van der Waals surface area contributed by atoms with Crippen molar-refractivity contribution in [3.63, 3.8) is 0 Å². The van der Waals surface area contributed by atoms with Crippen LogP contribution in [-0.2, 0) is 10.0 Å². The molecule has 1 aromatic carbocycles. The number of piperidine rings is 1. The van der Waals surface area contributed by atoms with E-state index in [4.69, 9.17) is 11.6 Å². The topological polar surface area (TPSA) is 85.8 Å². The zero-order chi connectivity index (χ0) is 20.6. The van der Waals surface area contributed by atoms with E-state index in [0.29, 0.717) is 31.5 Å². The molecule has 1 fully saturated rings. The van der Waals surface area contributed by atoms with Crippen LogP contribution >= 0.6 is 11.6 Å². The second-order valence-corrected chi connectivity index (χ2v) is 9.55. The Hall–Kier alpha value is -1.35. The molecule has 9 heteroatoms. The van der Waals surface area contributed by atoms with Crippen molar-refractivity contribution in [1.29, 1.82) is 0 Å². The van der Waals surface area contributed by atoms with Gasteiger partial charge in [-0.2, -0.15) is 0 Å². The minimum atomic E-state index is -3.13. The molecule has 0 aromatic heterocycles. The zero-order valence-electron chi connectivity index (χ0n) is 16.9. The number of halogens is 1. The fraction of sp³-hybridized carbons (Fsp3) is 0.632. The Bertz CT molecular complexity index is 756. The summed E-state index contributed by atoms with van der Waals surface area (Å²) < 4.78 is 24.6. The van der Waals surface area contributed by atoms with Gasteiger partial charge in [-0.15, -0.1) is 0 Å². The van der Waals surface area contributed by atoms with E-state index in [1.54, 1.807) is 7.05 Å². The maximum atomic E-state index is 11.1. The lowest BCUT2D eigenvalue weighted by molar-refractivity contribution is 0.122. The number of hydrogen-bond acceptors (Lipinski definition) is 4. The molecule has 0 bridgehead atoms. The average Bonchev–Trinajstić information content (AvgIpc) is 2.63. The van der Waals surface area contributed by atoms with Gasteiger partial charge < -0.3 is 10.6 Å². The smallest absolute Gasteiger partial charge is 0.208 e. The van der Waals surface area contributed by atoms with Crippen LogP contribution < -0.4 is 15.4 Å². The largest absolute Gasteiger partial charge is 0.356 e. The van der Waals surface area contributed by atoms with Crippen molar-refractivity contribution in [2.45, 2.75) is 25.3 Å². The predicted molar refractivity (Wildman–Crippen MR) is 116 cm³/mol. The third-order valence-corrected chi connectivity index (χ3v) is 5.93. The molecule has 1 heterocycles. The second-order valence-electron chi connectivity index (χ2n) is 7.28. The Morgan fingerprint density at radius 2 is 2.11 bits per heavy atom. The molecule has 2 atom stereocenters. The van der Waals surface area contributed by atoms with Crippen molar-refractivity contribution in [3.05, 3.63) is 34.9 Å². The van der Waals surface area contributed by atoms with Crippen molar-refractivity contribution in [3.8, 4) is 0 Å². The predicted octanol–water partition coefficient (Wildman–Crippen LogP) is 1.83. The van der Waals surface area contributed by atoms with Crippen LogP contribution in [0.1, 0.15) is 30.9 Å². The first-order valence-corrected chi connectivity index (χ1v) is 11.9. The third kappa shape index (κ3) is 7.58. The minimum Gasteiger partial charge on any atom is -0.356 e. The molecular formula is C19H32ClN5O2S. The highest BCUT2D eigenvalue weighted by atomic mass is 35.5. The van der Waals surface area contributed by atoms with Gasteiger partial charge in [-0.1, -0.05) is 23.7 Å². The number of benzene rings is 1. The van der Waals surface area contributed by atoms with Crippen LogP contribution in [0.4, 0.5) is 0 Å². The van der Waals surface area contributed by atoms with Crippen LogP contribution in [0.3, 0.4) is 0 Å². The van der Waals surface area contributed by atoms with Gasteiger partial charge >= 0.3 is 0 Å². The average molecular weight is 430 g/mol. The summed E-state index contributed by atoms with van der Waals surface area (Å²) in [5, 5.41) is 7.43. The lowest BCUT2D eigenvalue weighted by Crippen LogP contribution is -2.45. The summed E-state index contributed by atoms with van der Waals surface area (Å²) in [6.07, 6.45) is 4.16. The van der Waals surface area contributed by atoms with E-state index in [0.717, 1.165) is 30.5 Å². The molecule has 1 aliphatic heterocycles. The van der Waals surface area contributed by atoms with Gasteiger partial charge in [0.1, 0.15) is 0 Å². The van der Waals surface area contributed by atoms with Gasteiger partial charge in [0.2, 0.25) is 10.0 Å². The Morgan fingerprint density at radius 3 is 2.79 bits per heavy atom. The summed E-state index contributed by atoms with van der Waals surface area (Å²) in [4.78, 5) is 6.67. The number of aliphatic imine (C=N–C) groups is 1. The van der Waals surface area contributed by atoms with Crippen molar-refractivity contribution in [1.82, 2.24) is 20.3 Å². The molecule has 158 valence electrons. The lowest BCUT2D eigenvalue weighted by Gasteiger charge is -2.40. The molecule has 0 spiro atoms. The highest BCUT2D eigenvalue weighted by molar-refractivity contribution is 7.88. The van der Waals surface area contributed by atoms with Gasteiger partial charge in [0.15, 0.2) is 5.96 Å². The summed E-state index contributed by atoms with van der Waals surface area (Å²) in [7, 11) is 0.774. The van der Waals surface area contributed by atoms with Crippen molar-refractivity contribution in [2.75, 3.05) is 46.5 Å². The molecule has 1 saturated heterocycles. The SMILES string of the molecule is CN=C(NCCCNS(C)(=O)=O)NCC1CCCN(C)C1c1cccc(Cl)c1. The standard InChI is InChI=1S/C19H32ClN5O2S/c1-21-19(22-10-6-11-24-28(3,26)27)23-14-16-8-5-12-25(2)18(16)15-7-4-9-17(20)13-15/h4,7,9,13,16,18,24H,5-6,8,10-12,14H2,1-3H3,(H2,21,22,23). The normalized spacial score (nSPS) is 21.5. The molecule has 1 aliphatic rings. The van der Waals surface area contributed by atoms with Crippen LogP contribution in [0.5, 0.6) is 0 Å². The number of rotatable bonds is 8. The van der Waals surface area contributed by atoms with E-state index in [1.165, 1.54) is 18.2 Å². The minimum absolute atomic E-state index is 0.317. The van der Waals surface area contributed by atoms with Crippen LogP contribution in [0.2, 0.25) is 5.02 Å². The maximum Gasteiger partial charge on any atom is 0.208 e. The molecule has 28 heavy (non-hydrogen) atoms. The van der Waals surface area contributed by atoms with Gasteiger partial charge in [0.25, 0.3) is 0 Å². The van der Waals surface area contributed by atoms with Crippen molar-refractivity contribution in [2.24, 2.45) is 10.9 Å². The Labute approximate surface area is 174 Å². The maximum absolute atomic E-state index is 11.1. The number of likely N-dealkylation sites (tertiary alicyclic amines) is 1. The van der Waals surface area contributed by atoms with Crippen molar-refractivity contribution >= 4 is 27.6 Å². The second kappa shape index (κ2) is 11.0. The quantitative estimate of drug-likeness (QED) is 0.333. The molecule has 0 radical (unpaired) electrons. The van der Waals surface area contributed by atoms with E-state index < -0.39 is 10.0 Å². The molecule has 7 nitrogen and oxygen atoms in total. The number of nitrogens with one attached hydrogen (secondary N) is 3. The highest BCUT2D eigenvalue weighted by Crippen LogP contribution is 2.35. The van der Waals surface area contributed by atoms with Gasteiger partial charge in [0.05, 0.1) is 6.26 Å². The van der Waals surface area contributed by atoms with Gasteiger partial charge in [-0.3, -0.25) is 9.89 Å². The summed E-state index contributed by atoms with van der Waals surface area (Å²) >= 11 is 6.21. The van der Waals surface area contributed by atoms with Crippen LogP contribution in [0.25, 0.3) is 0 Å². The third-order valence-electron chi connectivity index (χ3n) is 4.96. The van der Waals surface area contributed by atoms with Gasteiger partial charge in [0, 0.05) is 37.7 Å². The monoisotopic (exact) mass is 429 g/mol. The molecule has 0 amide bonds. The van der Waals surface area contributed by atoms with Crippen LogP contribution in [-0.4, -0.2) is 65.8 Å². The number of nitrogens with zero attached hydrogens (tertiary/aromatic N) is 2. The first-order chi connectivity index (χ1) is 13.3. The summed E-state index contributed by atoms with van der Waals surface area (Å²) in [5.74, 6) is 1.18. The molecule has 0 saturated carbocycles. The summed E-state index contributed by atoms with van der Waals surface area (Å²) in [5.41, 5.74) is 1.25. The number of hydrogen-bond donors (Lipinski definition) is 3. The number of guanidine groups is 1. The van der Waals surface area contributed by atoms with Crippen molar-refractivity contribution < 1.29 is 8.42 Å². The van der Waals surface area contributed by atoms with E-state index in [1.807, 2.05) is 12.1 Å². The fourth-order valence-corrected chi connectivity index (χ4v) is 4.41. The molecule has 1 aromatic rings.